The van der Waals surface area contributed by atoms with Crippen LogP contribution in [0.1, 0.15) is 36.5 Å². The van der Waals surface area contributed by atoms with Gasteiger partial charge in [-0.15, -0.1) is 10.2 Å². The van der Waals surface area contributed by atoms with Crippen LogP contribution >= 0.6 is 0 Å². The molecule has 0 atom stereocenters. The first-order valence-electron chi connectivity index (χ1n) is 13.0. The molecule has 40 heavy (non-hydrogen) atoms. The van der Waals surface area contributed by atoms with E-state index in [0.717, 1.165) is 43.8 Å². The Morgan fingerprint density at radius 1 is 0.950 bits per heavy atom. The van der Waals surface area contributed by atoms with E-state index in [2.05, 4.69) is 16.3 Å². The maximum atomic E-state index is 12.5. The lowest BCUT2D eigenvalue weighted by atomic mass is 10.1. The van der Waals surface area contributed by atoms with Crippen LogP contribution in [0.15, 0.2) is 72.8 Å². The number of nitrogens with zero attached hydrogens (tertiary/aromatic N) is 4. The Balaban J connectivity index is 1.21. The number of carbonyl (C=O) groups excluding carboxylic acids is 1. The van der Waals surface area contributed by atoms with Gasteiger partial charge in [0.05, 0.1) is 12.7 Å². The van der Waals surface area contributed by atoms with Crippen LogP contribution in [0.2, 0.25) is 0 Å². The molecule has 202 valence electrons. The Morgan fingerprint density at radius 2 is 1.73 bits per heavy atom. The molecule has 3 aromatic carbocycles. The standard InChI is InChI=1S/C31H28N4O5/c1-37-28-19-22(18-23(20-32)31-34-33-29-10-6-3-7-17-35(29)31)11-16-27(28)40-30(36)21-38-24-12-14-26(15-13-24)39-25-8-4-2-5-9-25/h2,4-5,8-9,11-16,18-19H,3,6-7,10,17,21H2,1H3. The van der Waals surface area contributed by atoms with E-state index in [4.69, 9.17) is 18.9 Å². The molecule has 1 aliphatic rings. The highest BCUT2D eigenvalue weighted by molar-refractivity contribution is 5.87. The van der Waals surface area contributed by atoms with Gasteiger partial charge in [0.15, 0.2) is 23.9 Å². The molecular formula is C31H28N4O5. The molecule has 0 aliphatic carbocycles. The average Bonchev–Trinajstić information content (AvgIpc) is 3.23. The van der Waals surface area contributed by atoms with Crippen molar-refractivity contribution in [2.45, 2.75) is 32.2 Å². The number of carbonyl (C=O) groups is 1. The second-order valence-corrected chi connectivity index (χ2v) is 9.13. The van der Waals surface area contributed by atoms with Gasteiger partial charge in [0.2, 0.25) is 0 Å². The molecule has 0 spiro atoms. The van der Waals surface area contributed by atoms with Crippen LogP contribution in [0, 0.1) is 11.3 Å². The fraction of sp³-hybridized carbons (Fsp3) is 0.226. The average molecular weight is 537 g/mol. The zero-order valence-electron chi connectivity index (χ0n) is 22.1. The summed E-state index contributed by atoms with van der Waals surface area (Å²) < 4.78 is 24.3. The molecule has 2 heterocycles. The number of ether oxygens (including phenoxy) is 4. The molecular weight excluding hydrogens is 508 g/mol. The number of esters is 1. The number of allylic oxidation sites excluding steroid dienone is 1. The highest BCUT2D eigenvalue weighted by Crippen LogP contribution is 2.30. The van der Waals surface area contributed by atoms with Gasteiger partial charge in [-0.3, -0.25) is 0 Å². The first kappa shape index (κ1) is 26.5. The summed E-state index contributed by atoms with van der Waals surface area (Å²) in [6, 6.07) is 23.7. The maximum Gasteiger partial charge on any atom is 0.349 e. The minimum absolute atomic E-state index is 0.245. The van der Waals surface area contributed by atoms with E-state index in [1.54, 1.807) is 48.5 Å². The molecule has 0 bridgehead atoms. The first-order valence-corrected chi connectivity index (χ1v) is 13.0. The van der Waals surface area contributed by atoms with E-state index in [0.29, 0.717) is 34.2 Å². The largest absolute Gasteiger partial charge is 0.493 e. The van der Waals surface area contributed by atoms with Gasteiger partial charge in [-0.2, -0.15) is 5.26 Å². The van der Waals surface area contributed by atoms with Crippen molar-refractivity contribution in [1.29, 1.82) is 5.26 Å². The number of rotatable bonds is 9. The normalized spacial score (nSPS) is 12.9. The molecule has 5 rings (SSSR count). The Labute approximate surface area is 232 Å². The van der Waals surface area contributed by atoms with Crippen molar-refractivity contribution in [3.8, 4) is 34.8 Å². The second-order valence-electron chi connectivity index (χ2n) is 9.13. The van der Waals surface area contributed by atoms with Crippen LogP contribution < -0.4 is 18.9 Å². The number of benzene rings is 3. The number of aromatic nitrogens is 3. The van der Waals surface area contributed by atoms with Crippen molar-refractivity contribution in [2.75, 3.05) is 13.7 Å². The molecule has 0 saturated carbocycles. The molecule has 9 nitrogen and oxygen atoms in total. The predicted octanol–water partition coefficient (Wildman–Crippen LogP) is 5.85. The molecule has 1 aliphatic heterocycles. The molecule has 4 aromatic rings. The van der Waals surface area contributed by atoms with Crippen molar-refractivity contribution < 1.29 is 23.7 Å². The summed E-state index contributed by atoms with van der Waals surface area (Å²) in [5.41, 5.74) is 1.11. The van der Waals surface area contributed by atoms with Crippen LogP contribution in [-0.4, -0.2) is 34.5 Å². The number of aryl methyl sites for hydroxylation is 1. The van der Waals surface area contributed by atoms with Gasteiger partial charge < -0.3 is 23.5 Å². The van der Waals surface area contributed by atoms with Crippen LogP contribution in [0.25, 0.3) is 11.6 Å². The summed E-state index contributed by atoms with van der Waals surface area (Å²) in [5.74, 6) is 3.36. The second kappa shape index (κ2) is 12.6. The van der Waals surface area contributed by atoms with Gasteiger partial charge in [-0.25, -0.2) is 4.79 Å². The van der Waals surface area contributed by atoms with E-state index >= 15 is 0 Å². The lowest BCUT2D eigenvalue weighted by Crippen LogP contribution is -2.18. The molecule has 0 unspecified atom stereocenters. The van der Waals surface area contributed by atoms with Crippen LogP contribution in [0.3, 0.4) is 0 Å². The topological polar surface area (TPSA) is 108 Å². The monoisotopic (exact) mass is 536 g/mol. The van der Waals surface area contributed by atoms with Gasteiger partial charge in [-0.05, 0) is 73.0 Å². The van der Waals surface area contributed by atoms with Crippen molar-refractivity contribution in [2.24, 2.45) is 0 Å². The lowest BCUT2D eigenvalue weighted by Gasteiger charge is -2.11. The fourth-order valence-electron chi connectivity index (χ4n) is 4.38. The number of nitriles is 1. The zero-order chi connectivity index (χ0) is 27.7. The molecule has 0 N–H and O–H groups in total. The lowest BCUT2D eigenvalue weighted by molar-refractivity contribution is -0.136. The zero-order valence-corrected chi connectivity index (χ0v) is 22.1. The van der Waals surface area contributed by atoms with Crippen LogP contribution in [-0.2, 0) is 17.8 Å². The number of methoxy groups -OCH3 is 1. The Kier molecular flexibility index (Phi) is 8.37. The van der Waals surface area contributed by atoms with E-state index < -0.39 is 5.97 Å². The Bertz CT molecular complexity index is 1540. The van der Waals surface area contributed by atoms with E-state index in [1.165, 1.54) is 7.11 Å². The van der Waals surface area contributed by atoms with Gasteiger partial charge >= 0.3 is 5.97 Å². The molecule has 0 amide bonds. The van der Waals surface area contributed by atoms with Gasteiger partial charge in [-0.1, -0.05) is 30.7 Å². The van der Waals surface area contributed by atoms with E-state index in [1.807, 2.05) is 34.9 Å². The fourth-order valence-corrected chi connectivity index (χ4v) is 4.38. The quantitative estimate of drug-likeness (QED) is 0.149. The minimum Gasteiger partial charge on any atom is -0.493 e. The van der Waals surface area contributed by atoms with Crippen molar-refractivity contribution in [3.05, 3.63) is 90.0 Å². The minimum atomic E-state index is -0.588. The third kappa shape index (κ3) is 6.48. The number of hydrogen-bond acceptors (Lipinski definition) is 8. The molecule has 0 fully saturated rings. The predicted molar refractivity (Wildman–Crippen MR) is 148 cm³/mol. The Hall–Kier alpha value is -5.10. The molecule has 1 aromatic heterocycles. The van der Waals surface area contributed by atoms with E-state index in [9.17, 15) is 10.1 Å². The van der Waals surface area contributed by atoms with Gasteiger partial charge in [0.25, 0.3) is 0 Å². The van der Waals surface area contributed by atoms with Crippen molar-refractivity contribution in [3.63, 3.8) is 0 Å². The highest BCUT2D eigenvalue weighted by atomic mass is 16.6. The first-order chi connectivity index (χ1) is 19.6. The number of hydrogen-bond donors (Lipinski definition) is 0. The summed E-state index contributed by atoms with van der Waals surface area (Å²) in [6.45, 7) is 0.503. The van der Waals surface area contributed by atoms with Crippen LogP contribution in [0.5, 0.6) is 28.7 Å². The maximum absolute atomic E-state index is 12.5. The third-order valence-electron chi connectivity index (χ3n) is 6.35. The number of para-hydroxylation sites is 1. The van der Waals surface area contributed by atoms with Gasteiger partial charge in [0, 0.05) is 13.0 Å². The van der Waals surface area contributed by atoms with Crippen molar-refractivity contribution in [1.82, 2.24) is 14.8 Å². The summed E-state index contributed by atoms with van der Waals surface area (Å²) in [6.07, 6.45) is 5.82. The summed E-state index contributed by atoms with van der Waals surface area (Å²) in [5, 5.41) is 18.4. The smallest absolute Gasteiger partial charge is 0.349 e. The van der Waals surface area contributed by atoms with Crippen molar-refractivity contribution >= 4 is 17.6 Å². The van der Waals surface area contributed by atoms with E-state index in [-0.39, 0.29) is 12.4 Å². The summed E-state index contributed by atoms with van der Waals surface area (Å²) in [7, 11) is 1.49. The molecule has 0 radical (unpaired) electrons. The number of fused-ring (bicyclic) bond motifs is 1. The highest BCUT2D eigenvalue weighted by Gasteiger charge is 2.18. The Morgan fingerprint density at radius 3 is 2.50 bits per heavy atom. The molecule has 0 saturated heterocycles. The summed E-state index contributed by atoms with van der Waals surface area (Å²) in [4.78, 5) is 12.5. The summed E-state index contributed by atoms with van der Waals surface area (Å²) >= 11 is 0. The van der Waals surface area contributed by atoms with Crippen LogP contribution in [0.4, 0.5) is 0 Å². The third-order valence-corrected chi connectivity index (χ3v) is 6.35. The van der Waals surface area contributed by atoms with Gasteiger partial charge in [0.1, 0.15) is 29.1 Å². The molecule has 9 heteroatoms. The SMILES string of the molecule is COc1cc(C=C(C#N)c2nnc3n2CCCCC3)ccc1OC(=O)COc1ccc(Oc2ccccc2)cc1.